The summed E-state index contributed by atoms with van der Waals surface area (Å²) in [5.74, 6) is -0.816. The summed E-state index contributed by atoms with van der Waals surface area (Å²) < 4.78 is 24.5. The molecule has 0 saturated carbocycles. The predicted molar refractivity (Wildman–Crippen MR) is 112 cm³/mol. The van der Waals surface area contributed by atoms with Gasteiger partial charge in [0.05, 0.1) is 37.2 Å². The number of carbonyl (C=O) groups excluding carboxylic acids is 1. The van der Waals surface area contributed by atoms with Crippen molar-refractivity contribution in [2.24, 2.45) is 0 Å². The largest absolute Gasteiger partial charge is 0.493 e. The molecule has 3 aromatic rings. The van der Waals surface area contributed by atoms with E-state index in [9.17, 15) is 24.1 Å². The molecule has 166 valence electrons. The summed E-state index contributed by atoms with van der Waals surface area (Å²) in [5.41, 5.74) is -0.0426. The molecule has 0 fully saturated rings. The van der Waals surface area contributed by atoms with Crippen LogP contribution in [-0.2, 0) is 6.54 Å². The molecule has 0 radical (unpaired) electrons. The van der Waals surface area contributed by atoms with Gasteiger partial charge in [-0.2, -0.15) is 0 Å². The Morgan fingerprint density at radius 2 is 1.81 bits per heavy atom. The Kier molecular flexibility index (Phi) is 6.78. The number of aromatic nitrogens is 2. The van der Waals surface area contributed by atoms with Crippen molar-refractivity contribution in [2.45, 2.75) is 6.54 Å². The molecule has 1 aromatic heterocycles. The molecule has 10 nitrogen and oxygen atoms in total. The highest BCUT2D eigenvalue weighted by Gasteiger charge is 2.24. The molecule has 0 atom stereocenters. The monoisotopic (exact) mass is 442 g/mol. The molecule has 0 aliphatic carbocycles. The zero-order valence-corrected chi connectivity index (χ0v) is 17.2. The van der Waals surface area contributed by atoms with Gasteiger partial charge < -0.3 is 14.8 Å². The number of nitro groups is 1. The van der Waals surface area contributed by atoms with Crippen LogP contribution in [0.2, 0.25) is 0 Å². The van der Waals surface area contributed by atoms with E-state index < -0.39 is 22.3 Å². The normalized spacial score (nSPS) is 10.5. The summed E-state index contributed by atoms with van der Waals surface area (Å²) in [7, 11) is 2.68. The van der Waals surface area contributed by atoms with Crippen LogP contribution in [0.3, 0.4) is 0 Å². The number of nitrogens with zero attached hydrogens (tertiary/aromatic N) is 3. The quantitative estimate of drug-likeness (QED) is 0.419. The molecule has 32 heavy (non-hydrogen) atoms. The van der Waals surface area contributed by atoms with Crippen molar-refractivity contribution >= 4 is 11.6 Å². The van der Waals surface area contributed by atoms with Crippen LogP contribution in [0.15, 0.2) is 53.6 Å². The second-order valence-electron chi connectivity index (χ2n) is 6.55. The molecule has 0 bridgehead atoms. The molecule has 1 N–H and O–H groups in total. The van der Waals surface area contributed by atoms with Gasteiger partial charge in [0.2, 0.25) is 0 Å². The van der Waals surface area contributed by atoms with E-state index in [1.54, 1.807) is 0 Å². The van der Waals surface area contributed by atoms with Crippen LogP contribution in [0.25, 0.3) is 11.3 Å². The van der Waals surface area contributed by atoms with Crippen LogP contribution in [-0.4, -0.2) is 41.1 Å². The fourth-order valence-corrected chi connectivity index (χ4v) is 2.96. The lowest BCUT2D eigenvalue weighted by Gasteiger charge is -2.11. The maximum atomic E-state index is 13.1. The highest BCUT2D eigenvalue weighted by molar-refractivity contribution is 5.99. The van der Waals surface area contributed by atoms with Crippen LogP contribution in [0.1, 0.15) is 10.4 Å². The second kappa shape index (κ2) is 9.69. The third-order valence-corrected chi connectivity index (χ3v) is 4.60. The first kappa shape index (κ1) is 22.4. The smallest absolute Gasteiger partial charge is 0.286 e. The molecular formula is C21H19FN4O6. The van der Waals surface area contributed by atoms with Crippen LogP contribution in [0, 0.1) is 15.9 Å². The number of benzene rings is 2. The Morgan fingerprint density at radius 3 is 2.41 bits per heavy atom. The SMILES string of the molecule is COc1cc(C(=O)NCCn2cnc(-c3ccc(F)cc3)cc2=O)c([N+](=O)[O-])cc1OC. The van der Waals surface area contributed by atoms with Crippen molar-refractivity contribution in [2.75, 3.05) is 20.8 Å². The number of hydrogen-bond acceptors (Lipinski definition) is 7. The van der Waals surface area contributed by atoms with Crippen LogP contribution in [0.4, 0.5) is 10.1 Å². The van der Waals surface area contributed by atoms with Crippen molar-refractivity contribution in [3.63, 3.8) is 0 Å². The lowest BCUT2D eigenvalue weighted by Crippen LogP contribution is -2.31. The summed E-state index contributed by atoms with van der Waals surface area (Å²) in [6.45, 7) is 0.101. The number of hydrogen-bond donors (Lipinski definition) is 1. The number of nitrogens with one attached hydrogen (secondary N) is 1. The van der Waals surface area contributed by atoms with Gasteiger partial charge in [0.1, 0.15) is 11.4 Å². The molecule has 2 aromatic carbocycles. The maximum absolute atomic E-state index is 13.1. The Morgan fingerprint density at radius 1 is 1.16 bits per heavy atom. The summed E-state index contributed by atoms with van der Waals surface area (Å²) in [4.78, 5) is 39.7. The fourth-order valence-electron chi connectivity index (χ4n) is 2.96. The Bertz CT molecular complexity index is 1210. The first-order chi connectivity index (χ1) is 15.3. The van der Waals surface area contributed by atoms with Crippen molar-refractivity contribution in [3.8, 4) is 22.8 Å². The van der Waals surface area contributed by atoms with E-state index in [1.807, 2.05) is 0 Å². The van der Waals surface area contributed by atoms with Gasteiger partial charge in [0.15, 0.2) is 11.5 Å². The third-order valence-electron chi connectivity index (χ3n) is 4.60. The van der Waals surface area contributed by atoms with E-state index in [4.69, 9.17) is 9.47 Å². The van der Waals surface area contributed by atoms with Crippen molar-refractivity contribution in [3.05, 3.63) is 80.6 Å². The number of methoxy groups -OCH3 is 2. The lowest BCUT2D eigenvalue weighted by molar-refractivity contribution is -0.385. The minimum absolute atomic E-state index is 0.0157. The minimum Gasteiger partial charge on any atom is -0.493 e. The Labute approximate surface area is 181 Å². The van der Waals surface area contributed by atoms with Crippen molar-refractivity contribution < 1.29 is 23.6 Å². The highest BCUT2D eigenvalue weighted by atomic mass is 19.1. The number of nitro benzene ring substituents is 1. The molecule has 0 unspecified atom stereocenters. The number of rotatable bonds is 8. The Hall–Kier alpha value is -4.28. The summed E-state index contributed by atoms with van der Waals surface area (Å²) in [6.07, 6.45) is 1.31. The molecule has 3 rings (SSSR count). The molecular weight excluding hydrogens is 423 g/mol. The number of ether oxygens (including phenoxy) is 2. The molecule has 1 heterocycles. The number of amides is 1. The van der Waals surface area contributed by atoms with E-state index in [2.05, 4.69) is 10.3 Å². The van der Waals surface area contributed by atoms with Gasteiger partial charge in [-0.25, -0.2) is 9.37 Å². The number of carbonyl (C=O) groups is 1. The van der Waals surface area contributed by atoms with E-state index in [-0.39, 0.29) is 35.7 Å². The topological polar surface area (TPSA) is 126 Å². The van der Waals surface area contributed by atoms with E-state index in [0.29, 0.717) is 11.3 Å². The van der Waals surface area contributed by atoms with Gasteiger partial charge in [-0.05, 0) is 24.3 Å². The molecule has 0 saturated heterocycles. The van der Waals surface area contributed by atoms with Gasteiger partial charge in [-0.15, -0.1) is 0 Å². The highest BCUT2D eigenvalue weighted by Crippen LogP contribution is 2.34. The fraction of sp³-hybridized carbons (Fsp3) is 0.190. The third kappa shape index (κ3) is 4.89. The first-order valence-corrected chi connectivity index (χ1v) is 9.35. The average Bonchev–Trinajstić information content (AvgIpc) is 2.79. The van der Waals surface area contributed by atoms with E-state index in [0.717, 1.165) is 6.07 Å². The first-order valence-electron chi connectivity index (χ1n) is 9.35. The molecule has 1 amide bonds. The van der Waals surface area contributed by atoms with Gasteiger partial charge in [0, 0.05) is 30.8 Å². The predicted octanol–water partition coefficient (Wildman–Crippen LogP) is 2.40. The molecule has 11 heteroatoms. The summed E-state index contributed by atoms with van der Waals surface area (Å²) in [5, 5.41) is 13.9. The molecule has 0 aliphatic heterocycles. The van der Waals surface area contributed by atoms with E-state index in [1.165, 1.54) is 61.5 Å². The second-order valence-corrected chi connectivity index (χ2v) is 6.55. The number of halogens is 1. The van der Waals surface area contributed by atoms with Crippen molar-refractivity contribution in [1.82, 2.24) is 14.9 Å². The average molecular weight is 442 g/mol. The zero-order chi connectivity index (χ0) is 23.3. The summed E-state index contributed by atoms with van der Waals surface area (Å²) >= 11 is 0. The Balaban J connectivity index is 1.71. The van der Waals surface area contributed by atoms with Gasteiger partial charge in [0.25, 0.3) is 17.2 Å². The van der Waals surface area contributed by atoms with Crippen molar-refractivity contribution in [1.29, 1.82) is 0 Å². The molecule has 0 spiro atoms. The van der Waals surface area contributed by atoms with Gasteiger partial charge in [-0.3, -0.25) is 24.3 Å². The van der Waals surface area contributed by atoms with Crippen LogP contribution >= 0.6 is 0 Å². The lowest BCUT2D eigenvalue weighted by atomic mass is 10.1. The molecule has 0 aliphatic rings. The van der Waals surface area contributed by atoms with Crippen LogP contribution in [0.5, 0.6) is 11.5 Å². The van der Waals surface area contributed by atoms with Crippen LogP contribution < -0.4 is 20.3 Å². The summed E-state index contributed by atoms with van der Waals surface area (Å²) in [6, 6.07) is 9.19. The maximum Gasteiger partial charge on any atom is 0.286 e. The van der Waals surface area contributed by atoms with Gasteiger partial charge in [-0.1, -0.05) is 0 Å². The standard InChI is InChI=1S/C21H19FN4O6/c1-31-18-9-15(17(26(29)30)11-19(18)32-2)21(28)23-7-8-25-12-24-16(10-20(25)27)13-3-5-14(22)6-4-13/h3-6,9-12H,7-8H2,1-2H3,(H,23,28). The van der Waals surface area contributed by atoms with E-state index >= 15 is 0 Å². The van der Waals surface area contributed by atoms with Gasteiger partial charge >= 0.3 is 0 Å². The minimum atomic E-state index is -0.707. The zero-order valence-electron chi connectivity index (χ0n) is 17.2.